The number of aromatic nitrogens is 1. The Balaban J connectivity index is 0.000000626. The number of nitrogens with zero attached hydrogens (tertiary/aromatic N) is 2. The zero-order chi connectivity index (χ0) is 53.9. The lowest BCUT2D eigenvalue weighted by Crippen LogP contribution is -2.81. The Bertz CT molecular complexity index is 2950. The first-order valence-electron chi connectivity index (χ1n) is 25.7. The van der Waals surface area contributed by atoms with Crippen molar-refractivity contribution in [1.29, 1.82) is 0 Å². The highest BCUT2D eigenvalue weighted by Crippen LogP contribution is 2.68. The minimum atomic E-state index is -2.27. The second-order valence-corrected chi connectivity index (χ2v) is 21.2. The number of para-hydroxylation sites is 1. The van der Waals surface area contributed by atoms with E-state index in [2.05, 4.69) is 76.4 Å². The Morgan fingerprint density at radius 1 is 0.907 bits per heavy atom. The maximum Gasteiger partial charge on any atom is 0.335 e. The van der Waals surface area contributed by atoms with Crippen LogP contribution in [0.5, 0.6) is 11.5 Å². The van der Waals surface area contributed by atoms with Gasteiger partial charge in [-0.2, -0.15) is 0 Å². The van der Waals surface area contributed by atoms with Gasteiger partial charge >= 0.3 is 23.9 Å². The third-order valence-corrected chi connectivity index (χ3v) is 17.4. The Morgan fingerprint density at radius 2 is 1.61 bits per heavy atom. The molecule has 2 fully saturated rings. The van der Waals surface area contributed by atoms with Crippen LogP contribution >= 0.6 is 0 Å². The van der Waals surface area contributed by atoms with Gasteiger partial charge < -0.3 is 59.7 Å². The van der Waals surface area contributed by atoms with Crippen LogP contribution in [-0.4, -0.2) is 149 Å². The fourth-order valence-electron chi connectivity index (χ4n) is 14.6. The number of aliphatic hydroxyl groups excluding tert-OH is 2. The van der Waals surface area contributed by atoms with E-state index >= 15 is 4.79 Å². The quantitative estimate of drug-likeness (QED) is 0.0684. The third kappa shape index (κ3) is 8.35. The molecule has 6 aliphatic rings. The summed E-state index contributed by atoms with van der Waals surface area (Å²) in [6.07, 6.45) is 6.64. The molecule has 18 nitrogen and oxygen atoms in total. The summed E-state index contributed by atoms with van der Waals surface area (Å²) in [5.74, 6) is -3.07. The van der Waals surface area contributed by atoms with Crippen LogP contribution in [0.15, 0.2) is 84.5 Å². The number of benzene rings is 3. The molecule has 3 unspecified atom stereocenters. The van der Waals surface area contributed by atoms with Crippen LogP contribution in [0.25, 0.3) is 10.9 Å². The first-order chi connectivity index (χ1) is 35.8. The van der Waals surface area contributed by atoms with E-state index in [-0.39, 0.29) is 30.4 Å². The van der Waals surface area contributed by atoms with E-state index in [0.29, 0.717) is 48.8 Å². The molecule has 3 aliphatic heterocycles. The lowest BCUT2D eigenvalue weighted by molar-refractivity contribution is -0.216. The predicted molar refractivity (Wildman–Crippen MR) is 276 cm³/mol. The number of aromatic amines is 1. The number of methoxy groups -OCH3 is 3. The van der Waals surface area contributed by atoms with E-state index in [1.54, 1.807) is 38.5 Å². The summed E-state index contributed by atoms with van der Waals surface area (Å²) in [6, 6.07) is 18.5. The van der Waals surface area contributed by atoms with Crippen molar-refractivity contribution < 1.29 is 68.5 Å². The number of likely N-dealkylation sites (N-methyl/N-ethyl adjacent to an activating group) is 1. The summed E-state index contributed by atoms with van der Waals surface area (Å²) in [6.45, 7) is 6.93. The van der Waals surface area contributed by atoms with Gasteiger partial charge in [0.2, 0.25) is 0 Å². The van der Waals surface area contributed by atoms with E-state index in [1.807, 2.05) is 19.2 Å². The van der Waals surface area contributed by atoms with Crippen molar-refractivity contribution in [2.24, 2.45) is 17.3 Å². The minimum Gasteiger partial charge on any atom is -0.497 e. The SMILES string of the molecule is CCC1=C[C@@H]2CC(C1)Cc1c([nH]c3ccccc13)[C@@](C(=O)OC)(c1cc3c(cc1OC)N(C)[C@H]1[C@@](O)(CNC(=O)c4ccc(OC)cc4)[C@H](OC(C)=O)[C@]4(CC)C=CCN5CC[C@]31[C@@H]54)C2.O=C(O)C(O)C(O)C(=O)O. The summed E-state index contributed by atoms with van der Waals surface area (Å²) in [4.78, 5) is 70.7. The van der Waals surface area contributed by atoms with E-state index in [4.69, 9.17) is 39.4 Å². The van der Waals surface area contributed by atoms with E-state index in [9.17, 15) is 24.3 Å². The number of fused-ring (bicyclic) bond motifs is 6. The number of carbonyl (C=O) groups is 5. The number of nitrogens with one attached hydrogen (secondary N) is 2. The molecular formula is C57H68N4O14. The van der Waals surface area contributed by atoms with Gasteiger partial charge in [-0.05, 0) is 111 Å². The average Bonchev–Trinajstić information content (AvgIpc) is 4.18. The second kappa shape index (κ2) is 20.1. The molecule has 1 spiro atoms. The van der Waals surface area contributed by atoms with Gasteiger partial charge in [-0.1, -0.05) is 55.8 Å². The van der Waals surface area contributed by atoms with Crippen molar-refractivity contribution in [2.75, 3.05) is 52.9 Å². The highest BCUT2D eigenvalue weighted by molar-refractivity contribution is 5.95. The molecule has 400 valence electrons. The number of rotatable bonds is 13. The molecule has 4 aromatic rings. The predicted octanol–water partition coefficient (Wildman–Crippen LogP) is 5.03. The van der Waals surface area contributed by atoms with Crippen LogP contribution in [-0.2, 0) is 45.9 Å². The first-order valence-corrected chi connectivity index (χ1v) is 25.7. The molecule has 3 aromatic carbocycles. The van der Waals surface area contributed by atoms with Crippen LogP contribution in [0.3, 0.4) is 0 Å². The van der Waals surface area contributed by atoms with Gasteiger partial charge in [0.1, 0.15) is 28.6 Å². The van der Waals surface area contributed by atoms with E-state index in [1.165, 1.54) is 19.6 Å². The number of esters is 2. The van der Waals surface area contributed by atoms with Crippen LogP contribution in [0.2, 0.25) is 0 Å². The van der Waals surface area contributed by atoms with E-state index < -0.39 is 64.1 Å². The number of amides is 1. The molecule has 11 atom stereocenters. The van der Waals surface area contributed by atoms with Gasteiger partial charge in [-0.25, -0.2) is 9.59 Å². The molecule has 3 aliphatic carbocycles. The molecule has 1 amide bonds. The van der Waals surface area contributed by atoms with Gasteiger partial charge in [0.15, 0.2) is 12.2 Å². The number of aliphatic carboxylic acids is 2. The summed E-state index contributed by atoms with van der Waals surface area (Å²) in [5.41, 5.74) is 2.62. The molecule has 2 bridgehead atoms. The molecule has 18 heteroatoms. The maximum absolute atomic E-state index is 15.4. The molecule has 1 aromatic heterocycles. The van der Waals surface area contributed by atoms with Gasteiger partial charge in [-0.15, -0.1) is 0 Å². The number of carbonyl (C=O) groups excluding carboxylic acids is 3. The Kier molecular flexibility index (Phi) is 14.2. The van der Waals surface area contributed by atoms with Gasteiger partial charge in [0.05, 0.1) is 33.9 Å². The Morgan fingerprint density at radius 3 is 2.24 bits per heavy atom. The number of allylic oxidation sites excluding steroid dienone is 2. The molecule has 1 saturated carbocycles. The van der Waals surface area contributed by atoms with Crippen molar-refractivity contribution in [3.8, 4) is 11.5 Å². The summed E-state index contributed by atoms with van der Waals surface area (Å²) in [5, 5.41) is 50.7. The zero-order valence-corrected chi connectivity index (χ0v) is 43.4. The summed E-state index contributed by atoms with van der Waals surface area (Å²) in [7, 11) is 6.70. The number of hydrogen-bond acceptors (Lipinski definition) is 14. The average molecular weight is 1030 g/mol. The lowest BCUT2D eigenvalue weighted by atomic mass is 9.47. The monoisotopic (exact) mass is 1030 g/mol. The molecular weight excluding hydrogens is 965 g/mol. The van der Waals surface area contributed by atoms with Crippen molar-refractivity contribution >= 4 is 46.4 Å². The molecule has 75 heavy (non-hydrogen) atoms. The third-order valence-electron chi connectivity index (χ3n) is 17.4. The van der Waals surface area contributed by atoms with Crippen LogP contribution < -0.4 is 19.7 Å². The highest BCUT2D eigenvalue weighted by Gasteiger charge is 2.78. The molecule has 1 saturated heterocycles. The van der Waals surface area contributed by atoms with Crippen molar-refractivity contribution in [2.45, 2.75) is 113 Å². The van der Waals surface area contributed by atoms with Gasteiger partial charge in [0.25, 0.3) is 5.91 Å². The topological polar surface area (TPSA) is 258 Å². The van der Waals surface area contributed by atoms with Crippen LogP contribution in [0.4, 0.5) is 5.69 Å². The smallest absolute Gasteiger partial charge is 0.335 e. The fourth-order valence-corrected chi connectivity index (χ4v) is 14.6. The summed E-state index contributed by atoms with van der Waals surface area (Å²) >= 11 is 0. The standard InChI is InChI=1S/C53H62N4O8.C4H6O6/c1-8-32-23-33-25-34(24-32)29-52(49(60)64-7,44-38(26-33)37-13-10-11-14-41(37)55-44)40-27-39-42(28-43(40)63-6)56(4)47-51(39)20-22-57-21-12-19-50(9-2,46(51)57)48(65-31(3)58)53(47,61)30-54-45(59)35-15-17-36(62-5)18-16-35;5-1(3(7)8)2(6)4(9)10/h10-19,24,27-28,33-34,46-48,55,61H,8-9,20-23,25-26,29-30H2,1-7H3,(H,54,59);1-2,5-6H,(H,7,8)(H,9,10)/t33?,34-,46+,47-,48-,50-,51-,52+,53+;/m1./s1. The van der Waals surface area contributed by atoms with Crippen LogP contribution in [0.1, 0.15) is 92.0 Å². The van der Waals surface area contributed by atoms with Crippen LogP contribution in [0, 0.1) is 17.3 Å². The number of ether oxygens (including phenoxy) is 4. The van der Waals surface area contributed by atoms with Crippen molar-refractivity contribution in [3.63, 3.8) is 0 Å². The number of hydrogen-bond donors (Lipinski definition) is 7. The number of H-pyrrole nitrogens is 1. The summed E-state index contributed by atoms with van der Waals surface area (Å²) < 4.78 is 24.2. The first kappa shape index (κ1) is 53.1. The van der Waals surface area contributed by atoms with Crippen molar-refractivity contribution in [3.05, 3.63) is 112 Å². The number of anilines is 1. The second-order valence-electron chi connectivity index (χ2n) is 21.2. The normalized spacial score (nSPS) is 29.8. The molecule has 10 rings (SSSR count). The molecule has 4 heterocycles. The fraction of sp³-hybridized carbons (Fsp3) is 0.491. The maximum atomic E-state index is 15.4. The van der Waals surface area contributed by atoms with Gasteiger partial charge in [-0.3, -0.25) is 19.3 Å². The highest BCUT2D eigenvalue weighted by atomic mass is 16.6. The Hall–Kier alpha value is -6.73. The zero-order valence-electron chi connectivity index (χ0n) is 43.4. The number of aliphatic hydroxyl groups is 3. The number of carboxylic acid groups (broad SMARTS) is 2. The van der Waals surface area contributed by atoms with Gasteiger partial charge in [0, 0.05) is 76.9 Å². The lowest BCUT2D eigenvalue weighted by Gasteiger charge is -2.64. The van der Waals surface area contributed by atoms with Crippen molar-refractivity contribution in [1.82, 2.24) is 15.2 Å². The Labute approximate surface area is 435 Å². The number of carboxylic acids is 2. The molecule has 7 N–H and O–H groups in total. The molecule has 0 radical (unpaired) electrons. The minimum absolute atomic E-state index is 0.102. The van der Waals surface area contributed by atoms with E-state index in [0.717, 1.165) is 71.2 Å². The largest absolute Gasteiger partial charge is 0.497 e.